The normalized spacial score (nSPS) is 15.2. The molecule has 2 aromatic carbocycles. The van der Waals surface area contributed by atoms with Gasteiger partial charge in [0.2, 0.25) is 0 Å². The van der Waals surface area contributed by atoms with Crippen molar-refractivity contribution in [2.45, 2.75) is 72.6 Å². The van der Waals surface area contributed by atoms with Crippen LogP contribution < -0.4 is 0 Å². The molecular formula is C25H32S. The molecule has 0 N–H and O–H groups in total. The van der Waals surface area contributed by atoms with Gasteiger partial charge in [-0.2, -0.15) is 0 Å². The summed E-state index contributed by atoms with van der Waals surface area (Å²) in [6, 6.07) is 7.13. The summed E-state index contributed by atoms with van der Waals surface area (Å²) in [6.45, 7) is 17.7. The van der Waals surface area contributed by atoms with Crippen LogP contribution in [0.15, 0.2) is 29.7 Å². The van der Waals surface area contributed by atoms with E-state index in [2.05, 4.69) is 78.9 Å². The average molecular weight is 365 g/mol. The first-order valence-corrected chi connectivity index (χ1v) is 10.2. The van der Waals surface area contributed by atoms with E-state index >= 15 is 0 Å². The highest BCUT2D eigenvalue weighted by molar-refractivity contribution is 7.84. The van der Waals surface area contributed by atoms with Crippen molar-refractivity contribution in [3.63, 3.8) is 0 Å². The Morgan fingerprint density at radius 1 is 1.04 bits per heavy atom. The average Bonchev–Trinajstić information content (AvgIpc) is 3.32. The second-order valence-corrected chi connectivity index (χ2v) is 9.03. The molecule has 1 aliphatic rings. The lowest BCUT2D eigenvalue weighted by atomic mass is 9.80. The van der Waals surface area contributed by atoms with Crippen LogP contribution in [0.2, 0.25) is 0 Å². The Balaban J connectivity index is 2.26. The van der Waals surface area contributed by atoms with Gasteiger partial charge in [-0.1, -0.05) is 37.3 Å². The maximum Gasteiger partial charge on any atom is -0.0122 e. The van der Waals surface area contributed by atoms with Gasteiger partial charge in [0.25, 0.3) is 0 Å². The van der Waals surface area contributed by atoms with Gasteiger partial charge in [0.15, 0.2) is 0 Å². The Morgan fingerprint density at radius 2 is 1.62 bits per heavy atom. The fourth-order valence-electron chi connectivity index (χ4n) is 4.83. The number of benzene rings is 2. The second-order valence-electron chi connectivity index (χ2n) is 8.40. The summed E-state index contributed by atoms with van der Waals surface area (Å²) >= 11 is 4.48. The molecule has 2 aromatic rings. The number of allylic oxidation sites excluding steroid dienone is 1. The fourth-order valence-corrected chi connectivity index (χ4v) is 5.11. The van der Waals surface area contributed by atoms with Gasteiger partial charge < -0.3 is 0 Å². The maximum absolute atomic E-state index is 4.48. The Bertz CT molecular complexity index is 845. The minimum Gasteiger partial charge on any atom is -0.148 e. The minimum atomic E-state index is 0.448. The van der Waals surface area contributed by atoms with E-state index in [9.17, 15) is 0 Å². The summed E-state index contributed by atoms with van der Waals surface area (Å²) in [6.07, 6.45) is 3.61. The van der Waals surface area contributed by atoms with Gasteiger partial charge in [-0.15, -0.1) is 12.6 Å². The minimum absolute atomic E-state index is 0.448. The molecule has 0 spiro atoms. The van der Waals surface area contributed by atoms with E-state index in [0.717, 1.165) is 17.2 Å². The molecule has 1 heteroatoms. The van der Waals surface area contributed by atoms with Crippen LogP contribution in [0.5, 0.6) is 0 Å². The predicted octanol–water partition coefficient (Wildman–Crippen LogP) is 7.71. The lowest BCUT2D eigenvalue weighted by Crippen LogP contribution is -2.06. The molecule has 1 aliphatic carbocycles. The fraction of sp³-hybridized carbons (Fsp3) is 0.440. The van der Waals surface area contributed by atoms with Crippen LogP contribution in [0.25, 0.3) is 11.1 Å². The van der Waals surface area contributed by atoms with Gasteiger partial charge in [-0.05, 0) is 115 Å². The second kappa shape index (κ2) is 7.27. The van der Waals surface area contributed by atoms with Crippen molar-refractivity contribution in [3.8, 4) is 11.1 Å². The Labute approximate surface area is 165 Å². The molecule has 138 valence electrons. The first-order chi connectivity index (χ1) is 12.2. The quantitative estimate of drug-likeness (QED) is 0.516. The number of hydrogen-bond acceptors (Lipinski definition) is 1. The summed E-state index contributed by atoms with van der Waals surface area (Å²) in [5.41, 5.74) is 13.0. The van der Waals surface area contributed by atoms with E-state index in [-0.39, 0.29) is 0 Å². The molecule has 0 radical (unpaired) electrons. The van der Waals surface area contributed by atoms with Crippen LogP contribution in [0, 0.1) is 34.6 Å². The van der Waals surface area contributed by atoms with Crippen LogP contribution in [0.1, 0.15) is 77.0 Å². The molecule has 0 nitrogen and oxygen atoms in total. The SMILES string of the molecule is C=C(S)C[C@H](C)c1c(C)c(-c2c(C)cc(C)cc2C)cc(C2CC2)c1C. The lowest BCUT2D eigenvalue weighted by Gasteiger charge is -2.25. The Hall–Kier alpha value is -1.47. The van der Waals surface area contributed by atoms with Crippen molar-refractivity contribution < 1.29 is 0 Å². The van der Waals surface area contributed by atoms with Crippen molar-refractivity contribution in [3.05, 3.63) is 68.6 Å². The largest absolute Gasteiger partial charge is 0.148 e. The zero-order chi connectivity index (χ0) is 19.2. The summed E-state index contributed by atoms with van der Waals surface area (Å²) in [5, 5.41) is 0. The lowest BCUT2D eigenvalue weighted by molar-refractivity contribution is 0.759. The Morgan fingerprint density at radius 3 is 2.12 bits per heavy atom. The van der Waals surface area contributed by atoms with Crippen LogP contribution in [-0.2, 0) is 0 Å². The van der Waals surface area contributed by atoms with Gasteiger partial charge in [0, 0.05) is 0 Å². The van der Waals surface area contributed by atoms with E-state index in [0.29, 0.717) is 5.92 Å². The molecule has 0 unspecified atom stereocenters. The zero-order valence-corrected chi connectivity index (χ0v) is 18.1. The van der Waals surface area contributed by atoms with E-state index < -0.39 is 0 Å². The molecule has 3 rings (SSSR count). The van der Waals surface area contributed by atoms with Gasteiger partial charge in [-0.25, -0.2) is 0 Å². The number of aryl methyl sites for hydroxylation is 3. The van der Waals surface area contributed by atoms with Gasteiger partial charge in [0.1, 0.15) is 0 Å². The molecular weight excluding hydrogens is 332 g/mol. The third kappa shape index (κ3) is 3.64. The Kier molecular flexibility index (Phi) is 5.40. The first kappa shape index (κ1) is 19.3. The third-order valence-electron chi connectivity index (χ3n) is 5.94. The highest BCUT2D eigenvalue weighted by Gasteiger charge is 2.29. The summed E-state index contributed by atoms with van der Waals surface area (Å²) in [5.74, 6) is 1.20. The van der Waals surface area contributed by atoms with Crippen LogP contribution in [0.3, 0.4) is 0 Å². The molecule has 0 aliphatic heterocycles. The summed E-state index contributed by atoms with van der Waals surface area (Å²) < 4.78 is 0. The van der Waals surface area contributed by atoms with Crippen molar-refractivity contribution in [2.75, 3.05) is 0 Å². The van der Waals surface area contributed by atoms with E-state index in [1.54, 1.807) is 5.56 Å². The summed E-state index contributed by atoms with van der Waals surface area (Å²) in [4.78, 5) is 0.970. The molecule has 0 heterocycles. The molecule has 1 atom stereocenters. The molecule has 0 bridgehead atoms. The van der Waals surface area contributed by atoms with Gasteiger partial charge >= 0.3 is 0 Å². The molecule has 0 amide bonds. The third-order valence-corrected chi connectivity index (χ3v) is 6.13. The topological polar surface area (TPSA) is 0 Å². The first-order valence-electron chi connectivity index (χ1n) is 9.79. The summed E-state index contributed by atoms with van der Waals surface area (Å²) in [7, 11) is 0. The smallest absolute Gasteiger partial charge is 0.0122 e. The maximum atomic E-state index is 4.48. The van der Waals surface area contributed by atoms with E-state index in [1.165, 1.54) is 57.3 Å². The van der Waals surface area contributed by atoms with Crippen molar-refractivity contribution in [1.29, 1.82) is 0 Å². The number of thiol groups is 1. The van der Waals surface area contributed by atoms with Crippen molar-refractivity contribution >= 4 is 12.6 Å². The van der Waals surface area contributed by atoms with Crippen molar-refractivity contribution in [2.24, 2.45) is 0 Å². The molecule has 1 fully saturated rings. The number of rotatable bonds is 5. The van der Waals surface area contributed by atoms with Gasteiger partial charge in [-0.3, -0.25) is 0 Å². The number of hydrogen-bond donors (Lipinski definition) is 1. The molecule has 0 aromatic heterocycles. The predicted molar refractivity (Wildman–Crippen MR) is 119 cm³/mol. The zero-order valence-electron chi connectivity index (χ0n) is 17.2. The van der Waals surface area contributed by atoms with E-state index in [1.807, 2.05) is 0 Å². The standard InChI is InChI=1S/C25H32S/c1-14-10-15(2)24(16(3)11-14)23-13-22(21-8-9-21)19(6)25(20(23)7)17(4)12-18(5)26/h10-11,13,17,21,26H,5,8-9,12H2,1-4,6-7H3/t17-/m0/s1. The van der Waals surface area contributed by atoms with Crippen LogP contribution >= 0.6 is 12.6 Å². The van der Waals surface area contributed by atoms with Crippen LogP contribution in [0.4, 0.5) is 0 Å². The van der Waals surface area contributed by atoms with Crippen molar-refractivity contribution in [1.82, 2.24) is 0 Å². The monoisotopic (exact) mass is 364 g/mol. The molecule has 26 heavy (non-hydrogen) atoms. The van der Waals surface area contributed by atoms with E-state index in [4.69, 9.17) is 0 Å². The highest BCUT2D eigenvalue weighted by Crippen LogP contribution is 2.47. The molecule has 1 saturated carbocycles. The highest BCUT2D eigenvalue weighted by atomic mass is 32.1. The van der Waals surface area contributed by atoms with Crippen LogP contribution in [-0.4, -0.2) is 0 Å². The molecule has 0 saturated heterocycles. The van der Waals surface area contributed by atoms with Gasteiger partial charge in [0.05, 0.1) is 0 Å².